The van der Waals surface area contributed by atoms with E-state index in [1.54, 1.807) is 0 Å². The van der Waals surface area contributed by atoms with Crippen molar-refractivity contribution in [2.45, 2.75) is 65.0 Å². The highest BCUT2D eigenvalue weighted by atomic mass is 15.1. The number of hydrogen-bond donors (Lipinski definition) is 1. The molecular formula is C18H30N2. The van der Waals surface area contributed by atoms with Crippen molar-refractivity contribution in [3.05, 3.63) is 29.8 Å². The van der Waals surface area contributed by atoms with E-state index in [0.29, 0.717) is 0 Å². The number of nitrogens with one attached hydrogen (secondary N) is 1. The Morgan fingerprint density at radius 3 is 2.10 bits per heavy atom. The van der Waals surface area contributed by atoms with Gasteiger partial charge in [-0.1, -0.05) is 38.8 Å². The lowest BCUT2D eigenvalue weighted by Crippen LogP contribution is -2.25. The summed E-state index contributed by atoms with van der Waals surface area (Å²) in [5, 5.41) is 3.58. The second kappa shape index (κ2) is 8.31. The predicted molar refractivity (Wildman–Crippen MR) is 88.3 cm³/mol. The van der Waals surface area contributed by atoms with Crippen LogP contribution >= 0.6 is 0 Å². The summed E-state index contributed by atoms with van der Waals surface area (Å²) in [5.41, 5.74) is 2.80. The first-order valence-corrected chi connectivity index (χ1v) is 8.40. The molecule has 2 rings (SSSR count). The van der Waals surface area contributed by atoms with Crippen LogP contribution in [0.2, 0.25) is 0 Å². The van der Waals surface area contributed by atoms with Crippen LogP contribution in [-0.4, -0.2) is 19.1 Å². The zero-order chi connectivity index (χ0) is 14.2. The minimum atomic E-state index is 0.792. The molecule has 2 nitrogen and oxygen atoms in total. The summed E-state index contributed by atoms with van der Waals surface area (Å²) in [6.45, 7) is 7.94. The summed E-state index contributed by atoms with van der Waals surface area (Å²) in [7, 11) is 0. The minimum absolute atomic E-state index is 0.792. The maximum atomic E-state index is 3.58. The average Bonchev–Trinajstić information content (AvgIpc) is 3.30. The summed E-state index contributed by atoms with van der Waals surface area (Å²) in [6.07, 6.45) is 7.83. The van der Waals surface area contributed by atoms with Crippen molar-refractivity contribution in [2.24, 2.45) is 0 Å². The molecule has 0 aliphatic heterocycles. The Morgan fingerprint density at radius 1 is 1.00 bits per heavy atom. The molecule has 1 N–H and O–H groups in total. The summed E-state index contributed by atoms with van der Waals surface area (Å²) in [5.74, 6) is 0. The average molecular weight is 274 g/mol. The molecular weight excluding hydrogens is 244 g/mol. The molecule has 20 heavy (non-hydrogen) atoms. The van der Waals surface area contributed by atoms with E-state index < -0.39 is 0 Å². The Balaban J connectivity index is 1.88. The summed E-state index contributed by atoms with van der Waals surface area (Å²) >= 11 is 0. The first-order chi connectivity index (χ1) is 9.83. The second-order valence-corrected chi connectivity index (χ2v) is 6.02. The lowest BCUT2D eigenvalue weighted by atomic mass is 10.1. The Hall–Kier alpha value is -1.02. The molecule has 0 heterocycles. The van der Waals surface area contributed by atoms with Crippen molar-refractivity contribution >= 4 is 5.69 Å². The normalized spacial score (nSPS) is 14.5. The molecule has 2 heteroatoms. The lowest BCUT2D eigenvalue weighted by molar-refractivity contribution is 0.676. The van der Waals surface area contributed by atoms with Crippen molar-refractivity contribution in [3.63, 3.8) is 0 Å². The molecule has 1 aromatic carbocycles. The maximum Gasteiger partial charge on any atom is 0.0366 e. The third-order valence-electron chi connectivity index (χ3n) is 4.04. The van der Waals surface area contributed by atoms with E-state index in [0.717, 1.165) is 12.6 Å². The van der Waals surface area contributed by atoms with Crippen LogP contribution in [0.25, 0.3) is 0 Å². The predicted octanol–water partition coefficient (Wildman–Crippen LogP) is 4.35. The second-order valence-electron chi connectivity index (χ2n) is 6.02. The van der Waals surface area contributed by atoms with Crippen LogP contribution in [0.3, 0.4) is 0 Å². The Labute approximate surface area is 124 Å². The molecule has 1 aromatic rings. The molecule has 1 saturated carbocycles. The summed E-state index contributed by atoms with van der Waals surface area (Å²) < 4.78 is 0. The Morgan fingerprint density at radius 2 is 1.60 bits per heavy atom. The standard InChI is InChI=1S/C18H30N2/c1-3-5-13-20(14-6-4-2)18-11-7-16(8-12-18)15-19-17-9-10-17/h7-8,11-12,17,19H,3-6,9-10,13-15H2,1-2H3. The van der Waals surface area contributed by atoms with Gasteiger partial charge in [-0.3, -0.25) is 0 Å². The summed E-state index contributed by atoms with van der Waals surface area (Å²) in [6, 6.07) is 9.97. The van der Waals surface area contributed by atoms with Gasteiger partial charge in [-0.2, -0.15) is 0 Å². The van der Waals surface area contributed by atoms with Gasteiger partial charge < -0.3 is 10.2 Å². The highest BCUT2D eigenvalue weighted by molar-refractivity contribution is 5.47. The van der Waals surface area contributed by atoms with Crippen LogP contribution in [-0.2, 0) is 6.54 Å². The van der Waals surface area contributed by atoms with Crippen LogP contribution in [0.1, 0.15) is 57.9 Å². The number of hydrogen-bond acceptors (Lipinski definition) is 2. The number of unbranched alkanes of at least 4 members (excludes halogenated alkanes) is 2. The number of anilines is 1. The van der Waals surface area contributed by atoms with Gasteiger partial charge in [0.2, 0.25) is 0 Å². The van der Waals surface area contributed by atoms with Crippen LogP contribution in [0, 0.1) is 0 Å². The SMILES string of the molecule is CCCCN(CCCC)c1ccc(CNC2CC2)cc1. The molecule has 1 fully saturated rings. The van der Waals surface area contributed by atoms with E-state index in [1.165, 1.54) is 62.9 Å². The van der Waals surface area contributed by atoms with Gasteiger partial charge in [0.25, 0.3) is 0 Å². The molecule has 1 aliphatic rings. The third-order valence-corrected chi connectivity index (χ3v) is 4.04. The van der Waals surface area contributed by atoms with Crippen LogP contribution < -0.4 is 10.2 Å². The first-order valence-electron chi connectivity index (χ1n) is 8.40. The molecule has 0 unspecified atom stereocenters. The quantitative estimate of drug-likeness (QED) is 0.682. The lowest BCUT2D eigenvalue weighted by Gasteiger charge is -2.25. The molecule has 0 saturated heterocycles. The van der Waals surface area contributed by atoms with Crippen LogP contribution in [0.5, 0.6) is 0 Å². The number of nitrogens with zero attached hydrogens (tertiary/aromatic N) is 1. The molecule has 0 spiro atoms. The van der Waals surface area contributed by atoms with Crippen molar-refractivity contribution < 1.29 is 0 Å². The zero-order valence-electron chi connectivity index (χ0n) is 13.2. The fourth-order valence-electron chi connectivity index (χ4n) is 2.44. The van der Waals surface area contributed by atoms with Crippen molar-refractivity contribution in [1.29, 1.82) is 0 Å². The van der Waals surface area contributed by atoms with E-state index in [4.69, 9.17) is 0 Å². The van der Waals surface area contributed by atoms with Crippen LogP contribution in [0.15, 0.2) is 24.3 Å². The van der Waals surface area contributed by atoms with E-state index in [1.807, 2.05) is 0 Å². The molecule has 0 radical (unpaired) electrons. The van der Waals surface area contributed by atoms with Crippen molar-refractivity contribution in [3.8, 4) is 0 Å². The monoisotopic (exact) mass is 274 g/mol. The fraction of sp³-hybridized carbons (Fsp3) is 0.667. The van der Waals surface area contributed by atoms with Gasteiger partial charge >= 0.3 is 0 Å². The fourth-order valence-corrected chi connectivity index (χ4v) is 2.44. The third kappa shape index (κ3) is 5.16. The van der Waals surface area contributed by atoms with Crippen molar-refractivity contribution in [1.82, 2.24) is 5.32 Å². The van der Waals surface area contributed by atoms with Gasteiger partial charge in [0, 0.05) is 31.4 Å². The van der Waals surface area contributed by atoms with Gasteiger partial charge in [-0.05, 0) is 43.4 Å². The number of rotatable bonds is 10. The zero-order valence-corrected chi connectivity index (χ0v) is 13.2. The van der Waals surface area contributed by atoms with Gasteiger partial charge in [0.1, 0.15) is 0 Å². The number of benzene rings is 1. The van der Waals surface area contributed by atoms with Gasteiger partial charge in [0.15, 0.2) is 0 Å². The van der Waals surface area contributed by atoms with Crippen LogP contribution in [0.4, 0.5) is 5.69 Å². The molecule has 0 bridgehead atoms. The Bertz CT molecular complexity index is 360. The summed E-state index contributed by atoms with van der Waals surface area (Å²) in [4.78, 5) is 2.55. The first kappa shape index (κ1) is 15.4. The topological polar surface area (TPSA) is 15.3 Å². The molecule has 0 aromatic heterocycles. The molecule has 0 amide bonds. The van der Waals surface area contributed by atoms with Gasteiger partial charge in [-0.25, -0.2) is 0 Å². The van der Waals surface area contributed by atoms with E-state index in [-0.39, 0.29) is 0 Å². The van der Waals surface area contributed by atoms with Gasteiger partial charge in [0.05, 0.1) is 0 Å². The molecule has 112 valence electrons. The largest absolute Gasteiger partial charge is 0.372 e. The smallest absolute Gasteiger partial charge is 0.0366 e. The molecule has 1 aliphatic carbocycles. The molecule has 0 atom stereocenters. The van der Waals surface area contributed by atoms with E-state index in [2.05, 4.69) is 48.3 Å². The Kier molecular flexibility index (Phi) is 6.38. The van der Waals surface area contributed by atoms with E-state index >= 15 is 0 Å². The van der Waals surface area contributed by atoms with E-state index in [9.17, 15) is 0 Å². The minimum Gasteiger partial charge on any atom is -0.372 e. The maximum absolute atomic E-state index is 3.58. The van der Waals surface area contributed by atoms with Gasteiger partial charge in [-0.15, -0.1) is 0 Å². The highest BCUT2D eigenvalue weighted by Crippen LogP contribution is 2.20. The highest BCUT2D eigenvalue weighted by Gasteiger charge is 2.19. The van der Waals surface area contributed by atoms with Crippen molar-refractivity contribution in [2.75, 3.05) is 18.0 Å².